The fourth-order valence-corrected chi connectivity index (χ4v) is 3.18. The molecular formula is C22H24F3NO2. The largest absolute Gasteiger partial charge is 0.483 e. The van der Waals surface area contributed by atoms with Crippen LogP contribution in [0.2, 0.25) is 0 Å². The molecule has 2 aromatic rings. The zero-order valence-corrected chi connectivity index (χ0v) is 16.1. The van der Waals surface area contributed by atoms with E-state index < -0.39 is 12.8 Å². The van der Waals surface area contributed by atoms with Crippen LogP contribution in [0.25, 0.3) is 0 Å². The number of carbonyl (C=O) groups is 1. The Labute approximate surface area is 162 Å². The summed E-state index contributed by atoms with van der Waals surface area (Å²) >= 11 is 0. The number of carbonyl (C=O) groups excluding carboxylic acids is 1. The summed E-state index contributed by atoms with van der Waals surface area (Å²) in [5.74, 6) is 0.0509. The van der Waals surface area contributed by atoms with Crippen LogP contribution < -0.4 is 4.74 Å². The highest BCUT2D eigenvalue weighted by atomic mass is 19.4. The molecule has 1 aromatic heterocycles. The van der Waals surface area contributed by atoms with Crippen molar-refractivity contribution in [3.63, 3.8) is 0 Å². The Hall–Kier alpha value is -2.37. The molecule has 1 fully saturated rings. The molecule has 0 bridgehead atoms. The van der Waals surface area contributed by atoms with E-state index in [4.69, 9.17) is 0 Å². The first-order valence-corrected chi connectivity index (χ1v) is 9.41. The lowest BCUT2D eigenvalue weighted by atomic mass is 9.94. The minimum atomic E-state index is -4.38. The Bertz CT molecular complexity index is 809. The first-order valence-electron chi connectivity index (χ1n) is 9.41. The standard InChI is InChI=1S/C22H24F3NO2/c1-15(20-8-7-19(13-26-20)28-14-22(23,24)25)11-18(27)12-16-3-5-17(6-4-16)21(2)9-10-21/h3-8,13,15H,9-12,14H2,1-2H3/t15-/m0/s1. The minimum Gasteiger partial charge on any atom is -0.483 e. The first-order chi connectivity index (χ1) is 13.1. The molecule has 6 heteroatoms. The Morgan fingerprint density at radius 2 is 1.86 bits per heavy atom. The maximum absolute atomic E-state index is 12.4. The van der Waals surface area contributed by atoms with Gasteiger partial charge in [-0.2, -0.15) is 13.2 Å². The van der Waals surface area contributed by atoms with Crippen LogP contribution >= 0.6 is 0 Å². The van der Waals surface area contributed by atoms with Crippen LogP contribution in [0.15, 0.2) is 42.6 Å². The summed E-state index contributed by atoms with van der Waals surface area (Å²) in [6, 6.07) is 11.3. The van der Waals surface area contributed by atoms with Crippen molar-refractivity contribution >= 4 is 5.78 Å². The maximum atomic E-state index is 12.4. The number of ether oxygens (including phenoxy) is 1. The number of pyridine rings is 1. The molecular weight excluding hydrogens is 367 g/mol. The lowest BCUT2D eigenvalue weighted by Gasteiger charge is -2.13. The van der Waals surface area contributed by atoms with Gasteiger partial charge in [0, 0.05) is 24.5 Å². The van der Waals surface area contributed by atoms with Crippen LogP contribution in [0.3, 0.4) is 0 Å². The van der Waals surface area contributed by atoms with E-state index in [0.717, 1.165) is 5.56 Å². The number of halogens is 3. The smallest absolute Gasteiger partial charge is 0.422 e. The van der Waals surface area contributed by atoms with Gasteiger partial charge < -0.3 is 4.74 Å². The van der Waals surface area contributed by atoms with Gasteiger partial charge in [-0.15, -0.1) is 0 Å². The van der Waals surface area contributed by atoms with E-state index >= 15 is 0 Å². The molecule has 0 saturated heterocycles. The van der Waals surface area contributed by atoms with E-state index in [-0.39, 0.29) is 17.5 Å². The molecule has 150 valence electrons. The molecule has 0 unspecified atom stereocenters. The number of hydrogen-bond donors (Lipinski definition) is 0. The van der Waals surface area contributed by atoms with Crippen molar-refractivity contribution in [2.45, 2.75) is 57.0 Å². The van der Waals surface area contributed by atoms with E-state index in [2.05, 4.69) is 28.8 Å². The molecule has 0 radical (unpaired) electrons. The summed E-state index contributed by atoms with van der Waals surface area (Å²) in [6.07, 6.45) is 0.0151. The molecule has 0 spiro atoms. The number of ketones is 1. The van der Waals surface area contributed by atoms with Gasteiger partial charge in [0.15, 0.2) is 6.61 Å². The molecule has 0 aliphatic heterocycles. The molecule has 1 aromatic carbocycles. The summed E-state index contributed by atoms with van der Waals surface area (Å²) in [5.41, 5.74) is 3.30. The second kappa shape index (κ2) is 7.94. The number of alkyl halides is 3. The monoisotopic (exact) mass is 391 g/mol. The van der Waals surface area contributed by atoms with E-state index in [1.165, 1.54) is 30.7 Å². The van der Waals surface area contributed by atoms with Gasteiger partial charge in [-0.3, -0.25) is 9.78 Å². The Kier molecular flexibility index (Phi) is 5.77. The zero-order chi connectivity index (χ0) is 20.4. The minimum absolute atomic E-state index is 0.0593. The van der Waals surface area contributed by atoms with Gasteiger partial charge in [0.1, 0.15) is 11.5 Å². The Morgan fingerprint density at radius 1 is 1.18 bits per heavy atom. The number of benzene rings is 1. The summed E-state index contributed by atoms with van der Waals surface area (Å²) < 4.78 is 41.2. The highest BCUT2D eigenvalue weighted by Crippen LogP contribution is 2.47. The van der Waals surface area contributed by atoms with Gasteiger partial charge >= 0.3 is 6.18 Å². The topological polar surface area (TPSA) is 39.2 Å². The van der Waals surface area contributed by atoms with Crippen LogP contribution in [-0.4, -0.2) is 23.6 Å². The first kappa shape index (κ1) is 20.4. The molecule has 1 atom stereocenters. The third kappa shape index (κ3) is 5.57. The summed E-state index contributed by atoms with van der Waals surface area (Å²) in [4.78, 5) is 16.5. The van der Waals surface area contributed by atoms with Crippen LogP contribution in [0.4, 0.5) is 13.2 Å². The number of nitrogens with zero attached hydrogens (tertiary/aromatic N) is 1. The average molecular weight is 391 g/mol. The molecule has 1 aliphatic carbocycles. The number of Topliss-reactive ketones (excluding diaryl/α,β-unsaturated/α-hetero) is 1. The number of rotatable bonds is 8. The van der Waals surface area contributed by atoms with Crippen molar-refractivity contribution in [2.75, 3.05) is 6.61 Å². The molecule has 0 amide bonds. The van der Waals surface area contributed by atoms with Gasteiger partial charge in [0.2, 0.25) is 0 Å². The van der Waals surface area contributed by atoms with E-state index in [9.17, 15) is 18.0 Å². The molecule has 3 nitrogen and oxygen atoms in total. The highest BCUT2D eigenvalue weighted by Gasteiger charge is 2.38. The molecule has 3 rings (SSSR count). The Balaban J connectivity index is 1.51. The summed E-state index contributed by atoms with van der Waals surface area (Å²) in [6.45, 7) is 2.79. The third-order valence-corrected chi connectivity index (χ3v) is 5.25. The lowest BCUT2D eigenvalue weighted by molar-refractivity contribution is -0.153. The SMILES string of the molecule is C[C@@H](CC(=O)Cc1ccc(C2(C)CC2)cc1)c1ccc(OCC(F)(F)F)cn1. The fourth-order valence-electron chi connectivity index (χ4n) is 3.18. The second-order valence-corrected chi connectivity index (χ2v) is 7.90. The van der Waals surface area contributed by atoms with Gasteiger partial charge in [-0.05, 0) is 41.5 Å². The van der Waals surface area contributed by atoms with Gasteiger partial charge in [-0.25, -0.2) is 0 Å². The van der Waals surface area contributed by atoms with Crippen molar-refractivity contribution < 1.29 is 22.7 Å². The van der Waals surface area contributed by atoms with Gasteiger partial charge in [0.25, 0.3) is 0 Å². The molecule has 1 saturated carbocycles. The molecule has 28 heavy (non-hydrogen) atoms. The van der Waals surface area contributed by atoms with Gasteiger partial charge in [0.05, 0.1) is 6.20 Å². The summed E-state index contributed by atoms with van der Waals surface area (Å²) in [5, 5.41) is 0. The maximum Gasteiger partial charge on any atom is 0.422 e. The van der Waals surface area contributed by atoms with Crippen molar-refractivity contribution in [3.8, 4) is 5.75 Å². The predicted molar refractivity (Wildman–Crippen MR) is 101 cm³/mol. The molecule has 1 heterocycles. The van der Waals surface area contributed by atoms with E-state index in [1.54, 1.807) is 6.07 Å². The van der Waals surface area contributed by atoms with Crippen LogP contribution in [-0.2, 0) is 16.6 Å². The number of hydrogen-bond acceptors (Lipinski definition) is 3. The quantitative estimate of drug-likeness (QED) is 0.606. The van der Waals surface area contributed by atoms with Crippen molar-refractivity contribution in [1.82, 2.24) is 4.98 Å². The van der Waals surface area contributed by atoms with Crippen LogP contribution in [0.1, 0.15) is 55.8 Å². The Morgan fingerprint density at radius 3 is 2.39 bits per heavy atom. The normalized spacial score (nSPS) is 16.5. The van der Waals surface area contributed by atoms with Crippen LogP contribution in [0.5, 0.6) is 5.75 Å². The summed E-state index contributed by atoms with van der Waals surface area (Å²) in [7, 11) is 0. The van der Waals surface area contributed by atoms with Crippen molar-refractivity contribution in [3.05, 3.63) is 59.4 Å². The third-order valence-electron chi connectivity index (χ3n) is 5.25. The van der Waals surface area contributed by atoms with E-state index in [0.29, 0.717) is 24.0 Å². The van der Waals surface area contributed by atoms with Crippen LogP contribution in [0, 0.1) is 0 Å². The van der Waals surface area contributed by atoms with E-state index in [1.807, 2.05) is 19.1 Å². The zero-order valence-electron chi connectivity index (χ0n) is 16.1. The fraction of sp³-hybridized carbons (Fsp3) is 0.455. The molecule has 0 N–H and O–H groups in total. The van der Waals surface area contributed by atoms with Crippen molar-refractivity contribution in [1.29, 1.82) is 0 Å². The second-order valence-electron chi connectivity index (χ2n) is 7.90. The predicted octanol–water partition coefficient (Wildman–Crippen LogP) is 5.38. The molecule has 1 aliphatic rings. The lowest BCUT2D eigenvalue weighted by Crippen LogP contribution is -2.19. The van der Waals surface area contributed by atoms with Gasteiger partial charge in [-0.1, -0.05) is 38.1 Å². The number of aromatic nitrogens is 1. The average Bonchev–Trinajstić information content (AvgIpc) is 3.39. The van der Waals surface area contributed by atoms with Crippen molar-refractivity contribution in [2.24, 2.45) is 0 Å². The highest BCUT2D eigenvalue weighted by molar-refractivity contribution is 5.81.